The Morgan fingerprint density at radius 3 is 2.82 bits per heavy atom. The minimum Gasteiger partial charge on any atom is -0.439 e. The van der Waals surface area contributed by atoms with Gasteiger partial charge in [0.25, 0.3) is 0 Å². The highest BCUT2D eigenvalue weighted by molar-refractivity contribution is 5.41. The smallest absolute Gasteiger partial charge is 0.220 e. The minimum atomic E-state index is 0.442. The summed E-state index contributed by atoms with van der Waals surface area (Å²) in [6, 6.07) is 11.2. The van der Waals surface area contributed by atoms with Crippen molar-refractivity contribution in [2.24, 2.45) is 0 Å². The molecule has 3 heteroatoms. The summed E-state index contributed by atoms with van der Waals surface area (Å²) in [6.07, 6.45) is 1.57. The van der Waals surface area contributed by atoms with E-state index in [0.29, 0.717) is 11.4 Å². The monoisotopic (exact) mass is 224 g/mol. The Labute approximate surface area is 100 Å². The standard InChI is InChI=1S/C14H12N2O/c1-10-4-3-5-13(11(10)2)17-14-8-12(9-15)6-7-16-14/h3-8H,1-2H3. The molecule has 2 rings (SSSR count). The topological polar surface area (TPSA) is 45.9 Å². The van der Waals surface area contributed by atoms with Crippen molar-refractivity contribution in [3.63, 3.8) is 0 Å². The van der Waals surface area contributed by atoms with Gasteiger partial charge in [-0.3, -0.25) is 0 Å². The van der Waals surface area contributed by atoms with Gasteiger partial charge in [0.1, 0.15) is 5.75 Å². The summed E-state index contributed by atoms with van der Waals surface area (Å²) in [5, 5.41) is 8.79. The third kappa shape index (κ3) is 2.43. The highest BCUT2D eigenvalue weighted by Gasteiger charge is 2.04. The molecule has 0 fully saturated rings. The second kappa shape index (κ2) is 4.67. The van der Waals surface area contributed by atoms with Gasteiger partial charge in [0.15, 0.2) is 0 Å². The molecule has 0 spiro atoms. The highest BCUT2D eigenvalue weighted by Crippen LogP contribution is 2.25. The number of rotatable bonds is 2. The Morgan fingerprint density at radius 1 is 1.24 bits per heavy atom. The fourth-order valence-corrected chi connectivity index (χ4v) is 1.48. The highest BCUT2D eigenvalue weighted by atomic mass is 16.5. The number of nitrogens with zero attached hydrogens (tertiary/aromatic N) is 2. The van der Waals surface area contributed by atoms with Gasteiger partial charge in [0.2, 0.25) is 5.88 Å². The van der Waals surface area contributed by atoms with Gasteiger partial charge in [-0.25, -0.2) is 4.98 Å². The van der Waals surface area contributed by atoms with Gasteiger partial charge in [0.05, 0.1) is 11.6 Å². The quantitative estimate of drug-likeness (QED) is 0.785. The Hall–Kier alpha value is -2.34. The summed E-state index contributed by atoms with van der Waals surface area (Å²) >= 11 is 0. The molecule has 2 aromatic rings. The van der Waals surface area contributed by atoms with Crippen LogP contribution in [-0.2, 0) is 0 Å². The third-order valence-electron chi connectivity index (χ3n) is 2.63. The van der Waals surface area contributed by atoms with Crippen LogP contribution in [0.5, 0.6) is 11.6 Å². The molecule has 1 aromatic heterocycles. The molecule has 0 bridgehead atoms. The fourth-order valence-electron chi connectivity index (χ4n) is 1.48. The van der Waals surface area contributed by atoms with Gasteiger partial charge in [-0.15, -0.1) is 0 Å². The van der Waals surface area contributed by atoms with E-state index in [4.69, 9.17) is 10.00 Å². The molecule has 1 heterocycles. The molecule has 0 aliphatic rings. The average molecular weight is 224 g/mol. The molecule has 0 aliphatic carbocycles. The minimum absolute atomic E-state index is 0.442. The van der Waals surface area contributed by atoms with Crippen LogP contribution in [0.4, 0.5) is 0 Å². The molecule has 0 unspecified atom stereocenters. The second-order valence-electron chi connectivity index (χ2n) is 3.79. The Kier molecular flexibility index (Phi) is 3.06. The molecule has 84 valence electrons. The molecule has 0 N–H and O–H groups in total. The van der Waals surface area contributed by atoms with Gasteiger partial charge in [-0.2, -0.15) is 5.26 Å². The maximum absolute atomic E-state index is 8.79. The van der Waals surface area contributed by atoms with E-state index in [-0.39, 0.29) is 0 Å². The molecule has 1 aromatic carbocycles. The van der Waals surface area contributed by atoms with Crippen molar-refractivity contribution in [3.8, 4) is 17.7 Å². The van der Waals surface area contributed by atoms with E-state index in [1.165, 1.54) is 5.56 Å². The van der Waals surface area contributed by atoms with Crippen molar-refractivity contribution >= 4 is 0 Å². The van der Waals surface area contributed by atoms with Crippen LogP contribution in [0, 0.1) is 25.2 Å². The van der Waals surface area contributed by atoms with Gasteiger partial charge in [0, 0.05) is 12.3 Å². The van der Waals surface area contributed by atoms with E-state index in [2.05, 4.69) is 11.1 Å². The lowest BCUT2D eigenvalue weighted by Crippen LogP contribution is -1.92. The normalized spacial score (nSPS) is 9.71. The summed E-state index contributed by atoms with van der Waals surface area (Å²) in [5.41, 5.74) is 2.79. The van der Waals surface area contributed by atoms with Gasteiger partial charge in [-0.05, 0) is 37.1 Å². The Bertz CT molecular complexity index is 585. The number of pyridine rings is 1. The van der Waals surface area contributed by atoms with E-state index in [1.807, 2.05) is 32.0 Å². The fraction of sp³-hybridized carbons (Fsp3) is 0.143. The van der Waals surface area contributed by atoms with Crippen molar-refractivity contribution in [1.29, 1.82) is 5.26 Å². The number of hydrogen-bond donors (Lipinski definition) is 0. The largest absolute Gasteiger partial charge is 0.439 e. The molecule has 0 saturated carbocycles. The molecule has 17 heavy (non-hydrogen) atoms. The maximum Gasteiger partial charge on any atom is 0.220 e. The molecule has 3 nitrogen and oxygen atoms in total. The van der Waals surface area contributed by atoms with Crippen molar-refractivity contribution < 1.29 is 4.74 Å². The van der Waals surface area contributed by atoms with Crippen LogP contribution in [0.1, 0.15) is 16.7 Å². The summed E-state index contributed by atoms with van der Waals surface area (Å²) < 4.78 is 5.67. The van der Waals surface area contributed by atoms with Crippen LogP contribution < -0.4 is 4.74 Å². The Balaban J connectivity index is 2.32. The molecular formula is C14H12N2O. The average Bonchev–Trinajstić information content (AvgIpc) is 2.35. The zero-order valence-electron chi connectivity index (χ0n) is 9.77. The molecule has 0 amide bonds. The number of benzene rings is 1. The zero-order chi connectivity index (χ0) is 12.3. The van der Waals surface area contributed by atoms with Crippen LogP contribution in [0.25, 0.3) is 0 Å². The first-order valence-corrected chi connectivity index (χ1v) is 5.31. The van der Waals surface area contributed by atoms with Gasteiger partial charge >= 0.3 is 0 Å². The molecule has 0 atom stereocenters. The van der Waals surface area contributed by atoms with E-state index < -0.39 is 0 Å². The zero-order valence-corrected chi connectivity index (χ0v) is 9.77. The van der Waals surface area contributed by atoms with Crippen molar-refractivity contribution in [3.05, 3.63) is 53.2 Å². The van der Waals surface area contributed by atoms with Crippen LogP contribution in [0.2, 0.25) is 0 Å². The number of aryl methyl sites for hydroxylation is 1. The summed E-state index contributed by atoms with van der Waals surface area (Å²) in [6.45, 7) is 4.03. The SMILES string of the molecule is Cc1cccc(Oc2cc(C#N)ccn2)c1C. The first kappa shape index (κ1) is 11.2. The van der Waals surface area contributed by atoms with E-state index in [9.17, 15) is 0 Å². The van der Waals surface area contributed by atoms with Crippen LogP contribution in [0.3, 0.4) is 0 Å². The van der Waals surface area contributed by atoms with Gasteiger partial charge in [-0.1, -0.05) is 12.1 Å². The molecule has 0 saturated heterocycles. The summed E-state index contributed by atoms with van der Waals surface area (Å²) in [5.74, 6) is 1.21. The first-order valence-electron chi connectivity index (χ1n) is 5.31. The Morgan fingerprint density at radius 2 is 2.06 bits per heavy atom. The van der Waals surface area contributed by atoms with E-state index in [1.54, 1.807) is 18.3 Å². The molecule has 0 aliphatic heterocycles. The number of ether oxygens (including phenoxy) is 1. The lowest BCUT2D eigenvalue weighted by molar-refractivity contribution is 0.459. The van der Waals surface area contributed by atoms with Crippen LogP contribution >= 0.6 is 0 Å². The predicted octanol–water partition coefficient (Wildman–Crippen LogP) is 3.36. The lowest BCUT2D eigenvalue weighted by Gasteiger charge is -2.09. The van der Waals surface area contributed by atoms with Crippen LogP contribution in [-0.4, -0.2) is 4.98 Å². The van der Waals surface area contributed by atoms with E-state index >= 15 is 0 Å². The maximum atomic E-state index is 8.79. The first-order chi connectivity index (χ1) is 8.20. The lowest BCUT2D eigenvalue weighted by atomic mass is 10.1. The molecular weight excluding hydrogens is 212 g/mol. The third-order valence-corrected chi connectivity index (χ3v) is 2.63. The van der Waals surface area contributed by atoms with Crippen molar-refractivity contribution in [2.75, 3.05) is 0 Å². The summed E-state index contributed by atoms with van der Waals surface area (Å²) in [4.78, 5) is 4.08. The number of aromatic nitrogens is 1. The summed E-state index contributed by atoms with van der Waals surface area (Å²) in [7, 11) is 0. The van der Waals surface area contributed by atoms with Crippen LogP contribution in [0.15, 0.2) is 36.5 Å². The van der Waals surface area contributed by atoms with Crippen molar-refractivity contribution in [1.82, 2.24) is 4.98 Å². The predicted molar refractivity (Wildman–Crippen MR) is 64.9 cm³/mol. The van der Waals surface area contributed by atoms with Gasteiger partial charge < -0.3 is 4.74 Å². The second-order valence-corrected chi connectivity index (χ2v) is 3.79. The molecule has 0 radical (unpaired) electrons. The number of hydrogen-bond acceptors (Lipinski definition) is 3. The van der Waals surface area contributed by atoms with E-state index in [0.717, 1.165) is 11.3 Å². The van der Waals surface area contributed by atoms with Crippen molar-refractivity contribution in [2.45, 2.75) is 13.8 Å². The number of nitriles is 1.